The summed E-state index contributed by atoms with van der Waals surface area (Å²) in [5.74, 6) is 0.618. The maximum Gasteiger partial charge on any atom is 0.254 e. The molecule has 0 aliphatic carbocycles. The molecule has 2 unspecified atom stereocenters. The van der Waals surface area contributed by atoms with Gasteiger partial charge in [-0.25, -0.2) is 0 Å². The van der Waals surface area contributed by atoms with E-state index < -0.39 is 0 Å². The molecule has 0 spiro atoms. The van der Waals surface area contributed by atoms with Crippen LogP contribution in [0.5, 0.6) is 5.75 Å². The first-order valence-electron chi connectivity index (χ1n) is 6.43. The lowest BCUT2D eigenvalue weighted by molar-refractivity contribution is -0.0667. The Kier molecular flexibility index (Phi) is 5.01. The highest BCUT2D eigenvalue weighted by atomic mass is 79.9. The molecule has 1 aromatic rings. The van der Waals surface area contributed by atoms with E-state index in [-0.39, 0.29) is 24.7 Å². The molecule has 110 valence electrons. The van der Waals surface area contributed by atoms with E-state index in [1.165, 1.54) is 0 Å². The summed E-state index contributed by atoms with van der Waals surface area (Å²) in [6.45, 7) is 2.70. The molecule has 1 saturated heterocycles. The number of carbonyl (C=O) groups is 1. The molecule has 0 bridgehead atoms. The van der Waals surface area contributed by atoms with E-state index in [1.54, 1.807) is 30.2 Å². The van der Waals surface area contributed by atoms with Crippen LogP contribution in [0.4, 0.5) is 0 Å². The minimum atomic E-state index is -0.308. The van der Waals surface area contributed by atoms with Gasteiger partial charge in [-0.3, -0.25) is 4.79 Å². The van der Waals surface area contributed by atoms with E-state index in [4.69, 9.17) is 9.47 Å². The topological polar surface area (TPSA) is 59.0 Å². The summed E-state index contributed by atoms with van der Waals surface area (Å²) in [6.07, 6.45) is -0.308. The monoisotopic (exact) mass is 343 g/mol. The molecule has 6 heteroatoms. The van der Waals surface area contributed by atoms with Crippen LogP contribution in [0.2, 0.25) is 0 Å². The van der Waals surface area contributed by atoms with Crippen molar-refractivity contribution in [3.63, 3.8) is 0 Å². The maximum absolute atomic E-state index is 12.6. The van der Waals surface area contributed by atoms with Gasteiger partial charge in [0.15, 0.2) is 0 Å². The molecule has 0 saturated carbocycles. The van der Waals surface area contributed by atoms with Crippen LogP contribution in [0.3, 0.4) is 0 Å². The third kappa shape index (κ3) is 3.13. The molecule has 1 heterocycles. The average molecular weight is 344 g/mol. The first kappa shape index (κ1) is 15.3. The van der Waals surface area contributed by atoms with Gasteiger partial charge in [-0.05, 0) is 41.1 Å². The van der Waals surface area contributed by atoms with Gasteiger partial charge >= 0.3 is 0 Å². The number of ether oxygens (including phenoxy) is 2. The lowest BCUT2D eigenvalue weighted by atomic mass is 10.1. The number of hydrogen-bond donors (Lipinski definition) is 1. The van der Waals surface area contributed by atoms with Crippen LogP contribution in [-0.2, 0) is 4.74 Å². The van der Waals surface area contributed by atoms with Gasteiger partial charge in [0, 0.05) is 12.1 Å². The first-order chi connectivity index (χ1) is 9.56. The van der Waals surface area contributed by atoms with Gasteiger partial charge in [-0.15, -0.1) is 0 Å². The first-order valence-corrected chi connectivity index (χ1v) is 7.23. The van der Waals surface area contributed by atoms with Gasteiger partial charge in [-0.1, -0.05) is 0 Å². The number of morpholine rings is 1. The highest BCUT2D eigenvalue weighted by Gasteiger charge is 2.30. The second-order valence-corrected chi connectivity index (χ2v) is 5.65. The number of halogens is 1. The summed E-state index contributed by atoms with van der Waals surface area (Å²) in [5.41, 5.74) is 0.586. The van der Waals surface area contributed by atoms with E-state index in [9.17, 15) is 9.90 Å². The number of carbonyl (C=O) groups excluding carboxylic acids is 1. The van der Waals surface area contributed by atoms with Gasteiger partial charge in [0.25, 0.3) is 5.91 Å². The molecule has 20 heavy (non-hydrogen) atoms. The third-order valence-corrected chi connectivity index (χ3v) is 3.99. The SMILES string of the molecule is COc1ccc(C(=O)N2CC(CO)OCC2C)cc1Br. The summed E-state index contributed by atoms with van der Waals surface area (Å²) >= 11 is 3.38. The van der Waals surface area contributed by atoms with Gasteiger partial charge in [0.05, 0.1) is 36.9 Å². The lowest BCUT2D eigenvalue weighted by Gasteiger charge is -2.37. The van der Waals surface area contributed by atoms with Crippen molar-refractivity contribution >= 4 is 21.8 Å². The Hall–Kier alpha value is -1.11. The van der Waals surface area contributed by atoms with Gasteiger partial charge in [-0.2, -0.15) is 0 Å². The molecule has 1 aliphatic rings. The number of nitrogens with zero attached hydrogens (tertiary/aromatic N) is 1. The van der Waals surface area contributed by atoms with Crippen molar-refractivity contribution in [1.29, 1.82) is 0 Å². The smallest absolute Gasteiger partial charge is 0.254 e. The second kappa shape index (κ2) is 6.56. The van der Waals surface area contributed by atoms with Gasteiger partial charge < -0.3 is 19.5 Å². The van der Waals surface area contributed by atoms with E-state index in [2.05, 4.69) is 15.9 Å². The summed E-state index contributed by atoms with van der Waals surface area (Å²) in [4.78, 5) is 14.3. The Morgan fingerprint density at radius 2 is 2.35 bits per heavy atom. The third-order valence-electron chi connectivity index (χ3n) is 3.37. The van der Waals surface area contributed by atoms with Crippen molar-refractivity contribution in [1.82, 2.24) is 4.90 Å². The number of methoxy groups -OCH3 is 1. The minimum Gasteiger partial charge on any atom is -0.496 e. The average Bonchev–Trinajstić information content (AvgIpc) is 2.47. The van der Waals surface area contributed by atoms with E-state index in [1.807, 2.05) is 6.92 Å². The fourth-order valence-corrected chi connectivity index (χ4v) is 2.72. The molecule has 1 aromatic carbocycles. The number of hydrogen-bond acceptors (Lipinski definition) is 4. The molecule has 5 nitrogen and oxygen atoms in total. The van der Waals surface area contributed by atoms with Crippen LogP contribution < -0.4 is 4.74 Å². The van der Waals surface area contributed by atoms with Crippen LogP contribution >= 0.6 is 15.9 Å². The molecule has 1 amide bonds. The zero-order valence-electron chi connectivity index (χ0n) is 11.5. The van der Waals surface area contributed by atoms with Crippen molar-refractivity contribution in [3.05, 3.63) is 28.2 Å². The van der Waals surface area contributed by atoms with E-state index in [0.717, 1.165) is 4.47 Å². The Morgan fingerprint density at radius 1 is 1.60 bits per heavy atom. The molecular formula is C14H18BrNO4. The largest absolute Gasteiger partial charge is 0.496 e. The Balaban J connectivity index is 2.19. The number of aliphatic hydroxyl groups is 1. The highest BCUT2D eigenvalue weighted by Crippen LogP contribution is 2.26. The Labute approximate surface area is 126 Å². The predicted octanol–water partition coefficient (Wildman–Crippen LogP) is 1.68. The minimum absolute atomic E-state index is 0.00817. The van der Waals surface area contributed by atoms with Crippen molar-refractivity contribution < 1.29 is 19.4 Å². The summed E-state index contributed by atoms with van der Waals surface area (Å²) in [7, 11) is 1.58. The molecule has 1 fully saturated rings. The maximum atomic E-state index is 12.6. The zero-order chi connectivity index (χ0) is 14.7. The number of benzene rings is 1. The second-order valence-electron chi connectivity index (χ2n) is 4.79. The van der Waals surface area contributed by atoms with Crippen LogP contribution in [0.25, 0.3) is 0 Å². The molecular weight excluding hydrogens is 326 g/mol. The summed E-state index contributed by atoms with van der Waals surface area (Å²) in [5, 5.41) is 9.17. The predicted molar refractivity (Wildman–Crippen MR) is 78.0 cm³/mol. The van der Waals surface area contributed by atoms with E-state index >= 15 is 0 Å². The van der Waals surface area contributed by atoms with Crippen molar-refractivity contribution in [3.8, 4) is 5.75 Å². The molecule has 2 atom stereocenters. The number of rotatable bonds is 3. The Bertz CT molecular complexity index is 494. The summed E-state index contributed by atoms with van der Waals surface area (Å²) in [6, 6.07) is 5.23. The van der Waals surface area contributed by atoms with Crippen LogP contribution in [0.15, 0.2) is 22.7 Å². The lowest BCUT2D eigenvalue weighted by Crippen LogP contribution is -2.52. The molecule has 0 aromatic heterocycles. The van der Waals surface area contributed by atoms with Crippen LogP contribution in [-0.4, -0.2) is 54.9 Å². The highest BCUT2D eigenvalue weighted by molar-refractivity contribution is 9.10. The summed E-state index contributed by atoms with van der Waals surface area (Å²) < 4.78 is 11.3. The number of aliphatic hydroxyl groups excluding tert-OH is 1. The fourth-order valence-electron chi connectivity index (χ4n) is 2.18. The van der Waals surface area contributed by atoms with Crippen LogP contribution in [0.1, 0.15) is 17.3 Å². The zero-order valence-corrected chi connectivity index (χ0v) is 13.1. The van der Waals surface area contributed by atoms with E-state index in [0.29, 0.717) is 24.5 Å². The van der Waals surface area contributed by atoms with Gasteiger partial charge in [0.2, 0.25) is 0 Å². The van der Waals surface area contributed by atoms with Crippen molar-refractivity contribution in [2.75, 3.05) is 26.9 Å². The van der Waals surface area contributed by atoms with Crippen molar-refractivity contribution in [2.24, 2.45) is 0 Å². The molecule has 0 radical (unpaired) electrons. The Morgan fingerprint density at radius 3 is 2.95 bits per heavy atom. The van der Waals surface area contributed by atoms with Gasteiger partial charge in [0.1, 0.15) is 5.75 Å². The van der Waals surface area contributed by atoms with Crippen molar-refractivity contribution in [2.45, 2.75) is 19.1 Å². The molecule has 1 aliphatic heterocycles. The molecule has 1 N–H and O–H groups in total. The standard InChI is InChI=1S/C14H18BrNO4/c1-9-8-20-11(7-17)6-16(9)14(18)10-3-4-13(19-2)12(15)5-10/h3-5,9,11,17H,6-8H2,1-2H3. The fraction of sp³-hybridized carbons (Fsp3) is 0.500. The molecule has 2 rings (SSSR count). The number of amides is 1. The quantitative estimate of drug-likeness (QED) is 0.907. The van der Waals surface area contributed by atoms with Crippen LogP contribution in [0, 0.1) is 0 Å². The normalized spacial score (nSPS) is 22.7.